The Labute approximate surface area is 96.0 Å². The number of aryl methyl sites for hydroxylation is 1. The molecule has 1 rings (SSSR count). The number of rotatable bonds is 4. The van der Waals surface area contributed by atoms with Crippen molar-refractivity contribution in [2.75, 3.05) is 5.73 Å². The van der Waals surface area contributed by atoms with Gasteiger partial charge in [0.1, 0.15) is 0 Å². The molecule has 0 fully saturated rings. The number of nitrogens with one attached hydrogen (secondary N) is 1. The van der Waals surface area contributed by atoms with Crippen LogP contribution in [0, 0.1) is 5.92 Å². The molecule has 5 heteroatoms. The SMILES string of the molecule is CCn1cc(N)c(C(=O)NC(C)C(C)C)n1. The van der Waals surface area contributed by atoms with Gasteiger partial charge in [0.25, 0.3) is 5.91 Å². The van der Waals surface area contributed by atoms with Crippen LogP contribution in [-0.4, -0.2) is 21.7 Å². The van der Waals surface area contributed by atoms with Crippen LogP contribution in [0.3, 0.4) is 0 Å². The van der Waals surface area contributed by atoms with Crippen molar-refractivity contribution in [3.8, 4) is 0 Å². The smallest absolute Gasteiger partial charge is 0.274 e. The molecule has 0 aliphatic heterocycles. The molecule has 1 heterocycles. The van der Waals surface area contributed by atoms with E-state index in [4.69, 9.17) is 5.73 Å². The number of amides is 1. The number of aromatic nitrogens is 2. The minimum atomic E-state index is -0.203. The lowest BCUT2D eigenvalue weighted by Gasteiger charge is -2.16. The standard InChI is InChI=1S/C11H20N4O/c1-5-15-6-9(12)10(14-15)11(16)13-8(4)7(2)3/h6-8H,5,12H2,1-4H3,(H,13,16). The Balaban J connectivity index is 2.76. The summed E-state index contributed by atoms with van der Waals surface area (Å²) in [6.45, 7) is 8.73. The van der Waals surface area contributed by atoms with Crippen LogP contribution in [0.15, 0.2) is 6.20 Å². The molecule has 1 amide bonds. The summed E-state index contributed by atoms with van der Waals surface area (Å²) >= 11 is 0. The van der Waals surface area contributed by atoms with Gasteiger partial charge >= 0.3 is 0 Å². The molecule has 1 aromatic heterocycles. The highest BCUT2D eigenvalue weighted by molar-refractivity contribution is 5.97. The number of anilines is 1. The van der Waals surface area contributed by atoms with Gasteiger partial charge in [-0.25, -0.2) is 0 Å². The fourth-order valence-electron chi connectivity index (χ4n) is 1.22. The molecular formula is C11H20N4O. The molecule has 0 aliphatic rings. The second-order valence-electron chi connectivity index (χ2n) is 4.29. The molecule has 0 aromatic carbocycles. The number of nitrogen functional groups attached to an aromatic ring is 1. The van der Waals surface area contributed by atoms with Gasteiger partial charge in [-0.05, 0) is 19.8 Å². The highest BCUT2D eigenvalue weighted by Crippen LogP contribution is 2.10. The van der Waals surface area contributed by atoms with Gasteiger partial charge in [0.2, 0.25) is 0 Å². The largest absolute Gasteiger partial charge is 0.396 e. The molecule has 0 spiro atoms. The van der Waals surface area contributed by atoms with E-state index in [1.165, 1.54) is 0 Å². The number of nitrogens with zero attached hydrogens (tertiary/aromatic N) is 2. The Morgan fingerprint density at radius 2 is 2.19 bits per heavy atom. The molecule has 3 N–H and O–H groups in total. The van der Waals surface area contributed by atoms with Crippen molar-refractivity contribution in [3.05, 3.63) is 11.9 Å². The summed E-state index contributed by atoms with van der Waals surface area (Å²) in [5, 5.41) is 7.00. The van der Waals surface area contributed by atoms with Crippen molar-refractivity contribution in [1.29, 1.82) is 0 Å². The first-order chi connectivity index (χ1) is 7.45. The lowest BCUT2D eigenvalue weighted by atomic mass is 10.1. The van der Waals surface area contributed by atoms with Crippen LogP contribution in [0.25, 0.3) is 0 Å². The molecule has 0 saturated heterocycles. The Kier molecular flexibility index (Phi) is 3.93. The third kappa shape index (κ3) is 2.74. The van der Waals surface area contributed by atoms with E-state index in [0.29, 0.717) is 23.8 Å². The molecule has 0 aliphatic carbocycles. The average Bonchev–Trinajstić information content (AvgIpc) is 2.59. The quantitative estimate of drug-likeness (QED) is 0.808. The highest BCUT2D eigenvalue weighted by Gasteiger charge is 2.17. The van der Waals surface area contributed by atoms with Gasteiger partial charge in [-0.15, -0.1) is 0 Å². The number of hydrogen-bond donors (Lipinski definition) is 2. The molecule has 0 radical (unpaired) electrons. The van der Waals surface area contributed by atoms with Crippen molar-refractivity contribution >= 4 is 11.6 Å². The minimum Gasteiger partial charge on any atom is -0.396 e. The second kappa shape index (κ2) is 5.01. The molecule has 1 aromatic rings. The molecular weight excluding hydrogens is 204 g/mol. The monoisotopic (exact) mass is 224 g/mol. The van der Waals surface area contributed by atoms with Crippen LogP contribution in [0.2, 0.25) is 0 Å². The van der Waals surface area contributed by atoms with Crippen LogP contribution < -0.4 is 11.1 Å². The summed E-state index contributed by atoms with van der Waals surface area (Å²) in [6.07, 6.45) is 1.68. The Bertz CT molecular complexity index is 370. The van der Waals surface area contributed by atoms with E-state index in [1.807, 2.05) is 13.8 Å². The third-order valence-electron chi connectivity index (χ3n) is 2.69. The van der Waals surface area contributed by atoms with Gasteiger partial charge in [0, 0.05) is 18.8 Å². The van der Waals surface area contributed by atoms with Crippen molar-refractivity contribution in [2.24, 2.45) is 5.92 Å². The lowest BCUT2D eigenvalue weighted by molar-refractivity contribution is 0.0925. The molecule has 1 atom stereocenters. The zero-order valence-corrected chi connectivity index (χ0v) is 10.3. The van der Waals surface area contributed by atoms with Gasteiger partial charge in [0.05, 0.1) is 5.69 Å². The van der Waals surface area contributed by atoms with Crippen LogP contribution in [0.5, 0.6) is 0 Å². The normalized spacial score (nSPS) is 12.8. The number of carbonyl (C=O) groups is 1. The number of nitrogens with two attached hydrogens (primary N) is 1. The van der Waals surface area contributed by atoms with Crippen molar-refractivity contribution in [1.82, 2.24) is 15.1 Å². The van der Waals surface area contributed by atoms with Crippen molar-refractivity contribution in [2.45, 2.75) is 40.3 Å². The van der Waals surface area contributed by atoms with Gasteiger partial charge in [0.15, 0.2) is 5.69 Å². The number of carbonyl (C=O) groups excluding carboxylic acids is 1. The summed E-state index contributed by atoms with van der Waals surface area (Å²) in [7, 11) is 0. The lowest BCUT2D eigenvalue weighted by Crippen LogP contribution is -2.36. The first-order valence-electron chi connectivity index (χ1n) is 5.59. The van der Waals surface area contributed by atoms with Crippen LogP contribution in [-0.2, 0) is 6.54 Å². The van der Waals surface area contributed by atoms with E-state index in [2.05, 4.69) is 24.3 Å². The fraction of sp³-hybridized carbons (Fsp3) is 0.636. The minimum absolute atomic E-state index is 0.110. The molecule has 1 unspecified atom stereocenters. The third-order valence-corrected chi connectivity index (χ3v) is 2.69. The summed E-state index contributed by atoms with van der Waals surface area (Å²) < 4.78 is 1.66. The molecule has 90 valence electrons. The van der Waals surface area contributed by atoms with Gasteiger partial charge in [-0.3, -0.25) is 9.48 Å². The van der Waals surface area contributed by atoms with Gasteiger partial charge < -0.3 is 11.1 Å². The van der Waals surface area contributed by atoms with Gasteiger partial charge in [-0.1, -0.05) is 13.8 Å². The maximum absolute atomic E-state index is 11.8. The van der Waals surface area contributed by atoms with E-state index >= 15 is 0 Å². The van der Waals surface area contributed by atoms with Crippen LogP contribution in [0.1, 0.15) is 38.2 Å². The van der Waals surface area contributed by atoms with Crippen molar-refractivity contribution in [3.63, 3.8) is 0 Å². The second-order valence-corrected chi connectivity index (χ2v) is 4.29. The molecule has 16 heavy (non-hydrogen) atoms. The van der Waals surface area contributed by atoms with Crippen molar-refractivity contribution < 1.29 is 4.79 Å². The predicted octanol–water partition coefficient (Wildman–Crippen LogP) is 1.26. The van der Waals surface area contributed by atoms with Crippen LogP contribution in [0.4, 0.5) is 5.69 Å². The first kappa shape index (κ1) is 12.5. The van der Waals surface area contributed by atoms with E-state index in [9.17, 15) is 4.79 Å². The van der Waals surface area contributed by atoms with E-state index in [1.54, 1.807) is 10.9 Å². The van der Waals surface area contributed by atoms with Crippen LogP contribution >= 0.6 is 0 Å². The van der Waals surface area contributed by atoms with Gasteiger partial charge in [-0.2, -0.15) is 5.10 Å². The highest BCUT2D eigenvalue weighted by atomic mass is 16.2. The molecule has 5 nitrogen and oxygen atoms in total. The van der Waals surface area contributed by atoms with E-state index in [0.717, 1.165) is 0 Å². The maximum atomic E-state index is 11.8. The fourth-order valence-corrected chi connectivity index (χ4v) is 1.22. The maximum Gasteiger partial charge on any atom is 0.274 e. The predicted molar refractivity (Wildman–Crippen MR) is 64.1 cm³/mol. The molecule has 0 bridgehead atoms. The topological polar surface area (TPSA) is 72.9 Å². The summed E-state index contributed by atoms with van der Waals surface area (Å²) in [5.41, 5.74) is 6.47. The van der Waals surface area contributed by atoms with E-state index in [-0.39, 0.29) is 11.9 Å². The Hall–Kier alpha value is -1.52. The Morgan fingerprint density at radius 1 is 1.56 bits per heavy atom. The first-order valence-corrected chi connectivity index (χ1v) is 5.59. The number of hydrogen-bond acceptors (Lipinski definition) is 3. The average molecular weight is 224 g/mol. The van der Waals surface area contributed by atoms with E-state index < -0.39 is 0 Å². The molecule has 0 saturated carbocycles. The Morgan fingerprint density at radius 3 is 2.62 bits per heavy atom. The zero-order chi connectivity index (χ0) is 12.3. The zero-order valence-electron chi connectivity index (χ0n) is 10.3. The summed E-state index contributed by atoms with van der Waals surface area (Å²) in [5.74, 6) is 0.185. The summed E-state index contributed by atoms with van der Waals surface area (Å²) in [4.78, 5) is 11.8. The summed E-state index contributed by atoms with van der Waals surface area (Å²) in [6, 6.07) is 0.110.